The minimum Gasteiger partial charge on any atom is -0.462 e. The van der Waals surface area contributed by atoms with Crippen molar-refractivity contribution in [1.82, 2.24) is 10.2 Å². The molecule has 0 aliphatic carbocycles. The van der Waals surface area contributed by atoms with Crippen LogP contribution in [0.1, 0.15) is 44.9 Å². The van der Waals surface area contributed by atoms with E-state index in [4.69, 9.17) is 5.73 Å². The highest BCUT2D eigenvalue weighted by atomic mass is 16.5. The standard InChI is InChI=1S/C13H21N3.C5H10O2/c1-11(14)13-4-2-12(3-5-13)10-16-8-6-15-7-9-16;1-5(2,3)7-4-6/h2-5,11,15H,6-10,14H2,1H3;4H,1-3H3/t11-;/m0./s1. The van der Waals surface area contributed by atoms with Crippen molar-refractivity contribution < 1.29 is 9.53 Å². The fourth-order valence-electron chi connectivity index (χ4n) is 2.20. The fraction of sp³-hybridized carbons (Fsp3) is 0.611. The number of nitrogens with one attached hydrogen (secondary N) is 1. The predicted octanol–water partition coefficient (Wildman–Crippen LogP) is 2.07. The van der Waals surface area contributed by atoms with Gasteiger partial charge in [-0.1, -0.05) is 24.3 Å². The van der Waals surface area contributed by atoms with Gasteiger partial charge in [-0.25, -0.2) is 0 Å². The molecule has 1 fully saturated rings. The minimum atomic E-state index is -0.318. The van der Waals surface area contributed by atoms with E-state index in [1.807, 2.05) is 27.7 Å². The van der Waals surface area contributed by atoms with Crippen LogP contribution in [-0.2, 0) is 16.1 Å². The van der Waals surface area contributed by atoms with Crippen molar-refractivity contribution in [2.45, 2.75) is 45.9 Å². The fourth-order valence-corrected chi connectivity index (χ4v) is 2.20. The molecule has 0 bridgehead atoms. The van der Waals surface area contributed by atoms with Crippen molar-refractivity contribution in [2.75, 3.05) is 26.2 Å². The van der Waals surface area contributed by atoms with E-state index in [-0.39, 0.29) is 11.6 Å². The van der Waals surface area contributed by atoms with Crippen LogP contribution in [-0.4, -0.2) is 43.2 Å². The zero-order valence-corrected chi connectivity index (χ0v) is 14.8. The molecule has 1 aromatic carbocycles. The lowest BCUT2D eigenvalue weighted by molar-refractivity contribution is -0.138. The first-order chi connectivity index (χ1) is 10.8. The number of hydrogen-bond acceptors (Lipinski definition) is 5. The van der Waals surface area contributed by atoms with Crippen molar-refractivity contribution in [3.63, 3.8) is 0 Å². The summed E-state index contributed by atoms with van der Waals surface area (Å²) in [5.41, 5.74) is 8.10. The smallest absolute Gasteiger partial charge is 0.293 e. The van der Waals surface area contributed by atoms with Gasteiger partial charge in [-0.05, 0) is 38.8 Å². The zero-order chi connectivity index (χ0) is 17.3. The largest absolute Gasteiger partial charge is 0.462 e. The normalized spacial score (nSPS) is 16.9. The Morgan fingerprint density at radius 3 is 2.22 bits per heavy atom. The molecule has 0 spiro atoms. The van der Waals surface area contributed by atoms with Gasteiger partial charge in [0.2, 0.25) is 0 Å². The monoisotopic (exact) mass is 321 g/mol. The lowest BCUT2D eigenvalue weighted by atomic mass is 10.1. The van der Waals surface area contributed by atoms with Gasteiger partial charge in [0.05, 0.1) is 0 Å². The molecule has 1 atom stereocenters. The quantitative estimate of drug-likeness (QED) is 0.831. The van der Waals surface area contributed by atoms with Crippen molar-refractivity contribution in [2.24, 2.45) is 5.73 Å². The maximum absolute atomic E-state index is 9.60. The Kier molecular flexibility index (Phi) is 8.23. The maximum atomic E-state index is 9.60. The van der Waals surface area contributed by atoms with E-state index >= 15 is 0 Å². The van der Waals surface area contributed by atoms with Gasteiger partial charge in [-0.3, -0.25) is 9.69 Å². The molecule has 130 valence electrons. The lowest BCUT2D eigenvalue weighted by Gasteiger charge is -2.27. The Labute approximate surface area is 140 Å². The Balaban J connectivity index is 0.000000322. The molecule has 0 aromatic heterocycles. The summed E-state index contributed by atoms with van der Waals surface area (Å²) in [6.45, 7) is 13.5. The molecule has 0 radical (unpaired) electrons. The Bertz CT molecular complexity index is 446. The van der Waals surface area contributed by atoms with E-state index in [9.17, 15) is 4.79 Å². The molecular formula is C18H31N3O2. The number of carbonyl (C=O) groups excluding carboxylic acids is 1. The van der Waals surface area contributed by atoms with E-state index in [1.165, 1.54) is 11.1 Å². The zero-order valence-electron chi connectivity index (χ0n) is 14.8. The number of nitrogens with zero attached hydrogens (tertiary/aromatic N) is 1. The summed E-state index contributed by atoms with van der Waals surface area (Å²) in [4.78, 5) is 12.1. The van der Waals surface area contributed by atoms with E-state index in [0.29, 0.717) is 6.47 Å². The number of rotatable bonds is 4. The van der Waals surface area contributed by atoms with E-state index < -0.39 is 0 Å². The van der Waals surface area contributed by atoms with Gasteiger partial charge in [-0.15, -0.1) is 0 Å². The third-order valence-electron chi connectivity index (χ3n) is 3.52. The van der Waals surface area contributed by atoms with E-state index in [1.54, 1.807) is 0 Å². The van der Waals surface area contributed by atoms with Crippen LogP contribution in [0, 0.1) is 0 Å². The van der Waals surface area contributed by atoms with Gasteiger partial charge < -0.3 is 15.8 Å². The first kappa shape index (κ1) is 19.6. The molecule has 0 saturated carbocycles. The summed E-state index contributed by atoms with van der Waals surface area (Å²) in [6.07, 6.45) is 0. The highest BCUT2D eigenvalue weighted by Gasteiger charge is 2.09. The Morgan fingerprint density at radius 2 is 1.83 bits per heavy atom. The van der Waals surface area contributed by atoms with Crippen molar-refractivity contribution >= 4 is 6.47 Å². The average Bonchev–Trinajstić information content (AvgIpc) is 2.48. The van der Waals surface area contributed by atoms with Gasteiger partial charge in [0, 0.05) is 38.8 Å². The second-order valence-electron chi connectivity index (χ2n) is 6.88. The Morgan fingerprint density at radius 1 is 1.26 bits per heavy atom. The molecule has 2 rings (SSSR count). The second-order valence-corrected chi connectivity index (χ2v) is 6.88. The molecule has 0 amide bonds. The number of hydrogen-bond donors (Lipinski definition) is 2. The highest BCUT2D eigenvalue weighted by molar-refractivity contribution is 5.37. The molecule has 1 aromatic rings. The third kappa shape index (κ3) is 8.69. The van der Waals surface area contributed by atoms with Crippen LogP contribution < -0.4 is 11.1 Å². The lowest BCUT2D eigenvalue weighted by Crippen LogP contribution is -2.42. The highest BCUT2D eigenvalue weighted by Crippen LogP contribution is 2.12. The minimum absolute atomic E-state index is 0.133. The molecule has 23 heavy (non-hydrogen) atoms. The molecule has 1 saturated heterocycles. The SMILES string of the molecule is CC(C)(C)OC=O.C[C@H](N)c1ccc(CN2CCNCC2)cc1. The van der Waals surface area contributed by atoms with Crippen molar-refractivity contribution in [1.29, 1.82) is 0 Å². The van der Waals surface area contributed by atoms with Crippen molar-refractivity contribution in [3.8, 4) is 0 Å². The summed E-state index contributed by atoms with van der Waals surface area (Å²) in [7, 11) is 0. The van der Waals surface area contributed by atoms with Crippen LogP contribution in [0.2, 0.25) is 0 Å². The summed E-state index contributed by atoms with van der Waals surface area (Å²) < 4.78 is 4.55. The van der Waals surface area contributed by atoms with Gasteiger partial charge in [0.1, 0.15) is 5.60 Å². The molecular weight excluding hydrogens is 290 g/mol. The number of piperazine rings is 1. The maximum Gasteiger partial charge on any atom is 0.293 e. The first-order valence-electron chi connectivity index (χ1n) is 8.21. The van der Waals surface area contributed by atoms with Gasteiger partial charge >= 0.3 is 0 Å². The molecule has 5 nitrogen and oxygen atoms in total. The predicted molar refractivity (Wildman–Crippen MR) is 94.1 cm³/mol. The van der Waals surface area contributed by atoms with Gasteiger partial charge in [0.15, 0.2) is 0 Å². The molecule has 3 N–H and O–H groups in total. The second kappa shape index (κ2) is 9.65. The summed E-state index contributed by atoms with van der Waals surface area (Å²) >= 11 is 0. The number of carbonyl (C=O) groups is 1. The first-order valence-corrected chi connectivity index (χ1v) is 8.21. The van der Waals surface area contributed by atoms with Crippen LogP contribution in [0.3, 0.4) is 0 Å². The summed E-state index contributed by atoms with van der Waals surface area (Å²) in [5.74, 6) is 0. The van der Waals surface area contributed by atoms with Crippen LogP contribution in [0.5, 0.6) is 0 Å². The van der Waals surface area contributed by atoms with Gasteiger partial charge in [0.25, 0.3) is 6.47 Å². The molecule has 5 heteroatoms. The Hall–Kier alpha value is -1.43. The topological polar surface area (TPSA) is 67.6 Å². The van der Waals surface area contributed by atoms with Crippen LogP contribution >= 0.6 is 0 Å². The molecule has 1 aliphatic rings. The summed E-state index contributed by atoms with van der Waals surface area (Å²) in [5, 5.41) is 3.37. The van der Waals surface area contributed by atoms with Crippen LogP contribution in [0.4, 0.5) is 0 Å². The van der Waals surface area contributed by atoms with Crippen molar-refractivity contribution in [3.05, 3.63) is 35.4 Å². The van der Waals surface area contributed by atoms with Crippen LogP contribution in [0.15, 0.2) is 24.3 Å². The molecule has 0 unspecified atom stereocenters. The third-order valence-corrected chi connectivity index (χ3v) is 3.52. The van der Waals surface area contributed by atoms with E-state index in [0.717, 1.165) is 32.7 Å². The molecule has 1 heterocycles. The molecule has 1 aliphatic heterocycles. The number of benzene rings is 1. The summed E-state index contributed by atoms with van der Waals surface area (Å²) in [6, 6.07) is 8.81. The van der Waals surface area contributed by atoms with Gasteiger partial charge in [-0.2, -0.15) is 0 Å². The number of ether oxygens (including phenoxy) is 1. The van der Waals surface area contributed by atoms with Crippen LogP contribution in [0.25, 0.3) is 0 Å². The van der Waals surface area contributed by atoms with E-state index in [2.05, 4.69) is 39.2 Å². The number of nitrogens with two attached hydrogens (primary N) is 1. The average molecular weight is 321 g/mol.